The van der Waals surface area contributed by atoms with Gasteiger partial charge in [0.1, 0.15) is 16.5 Å². The summed E-state index contributed by atoms with van der Waals surface area (Å²) in [4.78, 5) is 4.83. The van der Waals surface area contributed by atoms with Gasteiger partial charge in [-0.15, -0.1) is 0 Å². The van der Waals surface area contributed by atoms with Crippen molar-refractivity contribution in [1.82, 2.24) is 14.8 Å². The number of aliphatic hydroxyl groups is 1. The summed E-state index contributed by atoms with van der Waals surface area (Å²) in [6.45, 7) is 0. The summed E-state index contributed by atoms with van der Waals surface area (Å²) >= 11 is 6.12. The number of rotatable bonds is 4. The van der Waals surface area contributed by atoms with E-state index in [1.807, 2.05) is 67.8 Å². The highest BCUT2D eigenvalue weighted by Gasteiger charge is 2.28. The topological polar surface area (TPSA) is 78.6 Å². The third kappa shape index (κ3) is 3.39. The Morgan fingerprint density at radius 1 is 1.06 bits per heavy atom. The van der Waals surface area contributed by atoms with E-state index in [2.05, 4.69) is 10.4 Å². The maximum atomic E-state index is 11.5. The lowest BCUT2D eigenvalue weighted by atomic mass is 10.0. The van der Waals surface area contributed by atoms with Gasteiger partial charge in [0.15, 0.2) is 6.23 Å². The number of nitrogens with one attached hydrogen (secondary N) is 1. The van der Waals surface area contributed by atoms with Gasteiger partial charge in [0.25, 0.3) is 0 Å². The molecule has 1 atom stereocenters. The van der Waals surface area contributed by atoms with Crippen LogP contribution in [0.2, 0.25) is 5.02 Å². The molecule has 1 fully saturated rings. The van der Waals surface area contributed by atoms with Gasteiger partial charge in [-0.25, -0.2) is 9.99 Å². The van der Waals surface area contributed by atoms with Crippen LogP contribution in [0.25, 0.3) is 16.5 Å². The molecule has 1 unspecified atom stereocenters. The highest BCUT2D eigenvalue weighted by molar-refractivity contribution is 6.30. The van der Waals surface area contributed by atoms with Crippen LogP contribution in [0.15, 0.2) is 65.9 Å². The number of benzene rings is 2. The van der Waals surface area contributed by atoms with Crippen LogP contribution in [0.4, 0.5) is 11.5 Å². The number of halogens is 1. The second kappa shape index (κ2) is 7.32. The molecule has 6 rings (SSSR count). The molecule has 8 heteroatoms. The van der Waals surface area contributed by atoms with Crippen molar-refractivity contribution >= 4 is 39.6 Å². The average Bonchev–Trinajstić information content (AvgIpc) is 3.51. The first-order chi connectivity index (χ1) is 15.5. The van der Waals surface area contributed by atoms with Crippen LogP contribution in [0, 0.1) is 0 Å². The second-order valence-electron chi connectivity index (χ2n) is 8.27. The van der Waals surface area contributed by atoms with Gasteiger partial charge in [-0.3, -0.25) is 4.68 Å². The summed E-state index contributed by atoms with van der Waals surface area (Å²) in [7, 11) is 1.89. The molecule has 1 aliphatic carbocycles. The summed E-state index contributed by atoms with van der Waals surface area (Å²) in [6.07, 6.45) is 3.25. The minimum atomic E-state index is -1.01. The minimum Gasteiger partial charge on any atom is -0.368 e. The van der Waals surface area contributed by atoms with E-state index in [9.17, 15) is 5.11 Å². The average molecular weight is 445 g/mol. The van der Waals surface area contributed by atoms with Crippen LogP contribution >= 0.6 is 11.6 Å². The van der Waals surface area contributed by atoms with Crippen molar-refractivity contribution in [2.75, 3.05) is 10.3 Å². The maximum Gasteiger partial charge on any atom is 0.176 e. The molecule has 3 heterocycles. The molecule has 32 heavy (non-hydrogen) atoms. The van der Waals surface area contributed by atoms with E-state index in [1.54, 1.807) is 9.69 Å². The Labute approximate surface area is 189 Å². The zero-order valence-corrected chi connectivity index (χ0v) is 18.2. The fourth-order valence-electron chi connectivity index (χ4n) is 4.06. The number of fused-ring (bicyclic) bond motifs is 2. The molecule has 160 valence electrons. The highest BCUT2D eigenvalue weighted by Crippen LogP contribution is 2.29. The van der Waals surface area contributed by atoms with Crippen LogP contribution in [0.3, 0.4) is 0 Å². The lowest BCUT2D eigenvalue weighted by Gasteiger charge is -2.30. The van der Waals surface area contributed by atoms with E-state index >= 15 is 0 Å². The van der Waals surface area contributed by atoms with Gasteiger partial charge in [-0.05, 0) is 60.9 Å². The van der Waals surface area contributed by atoms with Crippen LogP contribution < -0.4 is 21.0 Å². The van der Waals surface area contributed by atoms with E-state index in [1.165, 1.54) is 0 Å². The monoisotopic (exact) mass is 444 g/mol. The molecule has 0 saturated heterocycles. The zero-order valence-electron chi connectivity index (χ0n) is 17.4. The van der Waals surface area contributed by atoms with E-state index in [-0.39, 0.29) is 0 Å². The minimum absolute atomic E-state index is 0.479. The molecular weight excluding hydrogens is 424 g/mol. The number of hydrogen-bond donors (Lipinski definition) is 2. The second-order valence-corrected chi connectivity index (χ2v) is 8.70. The molecule has 0 spiro atoms. The molecule has 2 N–H and O–H groups in total. The molecule has 2 aliphatic rings. The number of aliphatic hydroxyl groups excluding tert-OH is 1. The third-order valence-corrected chi connectivity index (χ3v) is 6.04. The fraction of sp³-hybridized carbons (Fsp3) is 0.208. The van der Waals surface area contributed by atoms with Crippen molar-refractivity contribution in [2.45, 2.75) is 25.1 Å². The number of aromatic nitrogens is 3. The molecule has 0 amide bonds. The molecule has 0 radical (unpaired) electrons. The Hall–Kier alpha value is -3.42. The Morgan fingerprint density at radius 2 is 1.88 bits per heavy atom. The number of nitrogens with zero attached hydrogens (tertiary/aromatic N) is 5. The Kier molecular flexibility index (Phi) is 4.41. The largest absolute Gasteiger partial charge is 0.368 e. The predicted molar refractivity (Wildman–Crippen MR) is 125 cm³/mol. The van der Waals surface area contributed by atoms with Gasteiger partial charge in [-0.2, -0.15) is 10.2 Å². The Morgan fingerprint density at radius 3 is 2.66 bits per heavy atom. The van der Waals surface area contributed by atoms with Crippen LogP contribution in [-0.4, -0.2) is 32.1 Å². The predicted octanol–water partition coefficient (Wildman–Crippen LogP) is 2.77. The molecule has 2 aromatic heterocycles. The standard InChI is InChI=1S/C24H21ClN6O/c1-30-13-15-12-18(8-9-19(15)28-30)31-24(32)22(14-2-4-16(25)5-3-14)23-20(29-31)10-11-21(27-23)26-17-6-7-17/h2-5,8-13,17,24,32H,6-7H2,1H3,(H,26,27). The van der Waals surface area contributed by atoms with Gasteiger partial charge < -0.3 is 10.4 Å². The van der Waals surface area contributed by atoms with Crippen molar-refractivity contribution < 1.29 is 5.11 Å². The normalized spacial score (nSPS) is 17.9. The first-order valence-corrected chi connectivity index (χ1v) is 11.0. The number of aryl methyl sites for hydroxylation is 1. The number of anilines is 2. The van der Waals surface area contributed by atoms with Crippen LogP contribution in [0.5, 0.6) is 0 Å². The first kappa shape index (κ1) is 19.3. The molecule has 1 aliphatic heterocycles. The van der Waals surface area contributed by atoms with Crippen molar-refractivity contribution in [3.8, 4) is 0 Å². The van der Waals surface area contributed by atoms with E-state index < -0.39 is 6.23 Å². The van der Waals surface area contributed by atoms with Crippen molar-refractivity contribution in [2.24, 2.45) is 12.1 Å². The zero-order chi connectivity index (χ0) is 21.8. The summed E-state index contributed by atoms with van der Waals surface area (Å²) in [5.74, 6) is 0.797. The van der Waals surface area contributed by atoms with Crippen molar-refractivity contribution in [3.05, 3.63) is 82.1 Å². The lowest BCUT2D eigenvalue weighted by molar-refractivity contribution is 0.222. The Bertz CT molecular complexity index is 1460. The van der Waals surface area contributed by atoms with Crippen molar-refractivity contribution in [3.63, 3.8) is 0 Å². The molecule has 0 bridgehead atoms. The molecule has 1 saturated carbocycles. The smallest absolute Gasteiger partial charge is 0.176 e. The van der Waals surface area contributed by atoms with Crippen molar-refractivity contribution in [1.29, 1.82) is 0 Å². The van der Waals surface area contributed by atoms with Gasteiger partial charge in [0.2, 0.25) is 0 Å². The van der Waals surface area contributed by atoms with Gasteiger partial charge in [-0.1, -0.05) is 23.7 Å². The van der Waals surface area contributed by atoms with E-state index in [0.29, 0.717) is 27.3 Å². The summed E-state index contributed by atoms with van der Waals surface area (Å²) in [5, 5.41) is 28.7. The maximum absolute atomic E-state index is 11.5. The van der Waals surface area contributed by atoms with Gasteiger partial charge in [0.05, 0.1) is 11.2 Å². The summed E-state index contributed by atoms with van der Waals surface area (Å²) < 4.78 is 1.77. The molecule has 2 aromatic carbocycles. The molecular formula is C24H21ClN6O. The van der Waals surface area contributed by atoms with E-state index in [4.69, 9.17) is 21.7 Å². The first-order valence-electron chi connectivity index (χ1n) is 10.6. The Balaban J connectivity index is 1.53. The lowest BCUT2D eigenvalue weighted by Crippen LogP contribution is -2.47. The van der Waals surface area contributed by atoms with E-state index in [0.717, 1.165) is 40.8 Å². The number of hydrogen-bond acceptors (Lipinski definition) is 6. The quantitative estimate of drug-likeness (QED) is 0.506. The van der Waals surface area contributed by atoms with Crippen LogP contribution in [0.1, 0.15) is 18.4 Å². The fourth-order valence-corrected chi connectivity index (χ4v) is 4.18. The summed E-state index contributed by atoms with van der Waals surface area (Å²) in [5.41, 5.74) is 3.21. The summed E-state index contributed by atoms with van der Waals surface area (Å²) in [6, 6.07) is 17.7. The molecule has 7 nitrogen and oxygen atoms in total. The third-order valence-electron chi connectivity index (χ3n) is 5.79. The van der Waals surface area contributed by atoms with Gasteiger partial charge in [0, 0.05) is 35.3 Å². The SMILES string of the molecule is Cn1cc2cc(N3N=c4ccc(NC5CC5)nc4=C(c4ccc(Cl)cc4)C3O)ccc2n1. The van der Waals surface area contributed by atoms with Crippen LogP contribution in [-0.2, 0) is 7.05 Å². The highest BCUT2D eigenvalue weighted by atomic mass is 35.5. The van der Waals surface area contributed by atoms with Gasteiger partial charge >= 0.3 is 0 Å². The molecule has 4 aromatic rings. The number of pyridine rings is 1.